The second-order valence-corrected chi connectivity index (χ2v) is 6.38. The van der Waals surface area contributed by atoms with Gasteiger partial charge in [-0.25, -0.2) is 0 Å². The van der Waals surface area contributed by atoms with Gasteiger partial charge in [-0.15, -0.1) is 0 Å². The van der Waals surface area contributed by atoms with Gasteiger partial charge in [0.2, 0.25) is 0 Å². The van der Waals surface area contributed by atoms with Gasteiger partial charge in [0, 0.05) is 14.2 Å². The molecule has 0 aliphatic carbocycles. The van der Waals surface area contributed by atoms with Gasteiger partial charge in [-0.2, -0.15) is 0 Å². The summed E-state index contributed by atoms with van der Waals surface area (Å²) in [6.45, 7) is 6.59. The van der Waals surface area contributed by atoms with Crippen molar-refractivity contribution in [2.75, 3.05) is 14.2 Å². The summed E-state index contributed by atoms with van der Waals surface area (Å²) in [6, 6.07) is 20.8. The molecule has 3 atom stereocenters. The van der Waals surface area contributed by atoms with Crippen LogP contribution in [0.15, 0.2) is 60.7 Å². The number of hydrogen-bond donors (Lipinski definition) is 0. The van der Waals surface area contributed by atoms with Gasteiger partial charge in [-0.05, 0) is 23.5 Å². The molecular weight excluding hydrogens is 308 g/mol. The Morgan fingerprint density at radius 3 is 1.68 bits per heavy atom. The molecule has 0 aromatic heterocycles. The lowest BCUT2D eigenvalue weighted by molar-refractivity contribution is 0.0565. The minimum Gasteiger partial charge on any atom is -0.377 e. The van der Waals surface area contributed by atoms with Crippen LogP contribution in [0.25, 0.3) is 0 Å². The average molecular weight is 343 g/mol. The van der Waals surface area contributed by atoms with Crippen LogP contribution in [0, 0.1) is 5.92 Å². The van der Waals surface area contributed by atoms with Crippen LogP contribution in [-0.4, -0.2) is 14.2 Å². The molecule has 0 radical (unpaired) electrons. The van der Waals surface area contributed by atoms with E-state index in [4.69, 9.17) is 9.47 Å². The third-order valence-corrected chi connectivity index (χ3v) is 4.55. The Hall–Kier alpha value is -1.64. The second-order valence-electron chi connectivity index (χ2n) is 6.38. The lowest BCUT2D eigenvalue weighted by Gasteiger charge is -2.21. The summed E-state index contributed by atoms with van der Waals surface area (Å²) in [5.74, 6) is 0.576. The first kappa shape index (κ1) is 21.4. The highest BCUT2D eigenvalue weighted by atomic mass is 16.5. The Bertz CT molecular complexity index is 539. The Labute approximate surface area is 154 Å². The monoisotopic (exact) mass is 342 g/mol. The molecule has 0 aliphatic heterocycles. The van der Waals surface area contributed by atoms with Crippen molar-refractivity contribution in [3.05, 3.63) is 71.8 Å². The summed E-state index contributed by atoms with van der Waals surface area (Å²) >= 11 is 0. The fraction of sp³-hybridized carbons (Fsp3) is 0.478. The van der Waals surface area contributed by atoms with E-state index >= 15 is 0 Å². The molecule has 0 spiro atoms. The van der Waals surface area contributed by atoms with E-state index in [0.717, 1.165) is 19.3 Å². The van der Waals surface area contributed by atoms with E-state index in [0.29, 0.717) is 5.92 Å². The lowest BCUT2D eigenvalue weighted by atomic mass is 9.95. The van der Waals surface area contributed by atoms with E-state index in [9.17, 15) is 0 Å². The van der Waals surface area contributed by atoms with Gasteiger partial charge in [0.15, 0.2) is 0 Å². The van der Waals surface area contributed by atoms with Crippen molar-refractivity contribution in [1.82, 2.24) is 0 Å². The van der Waals surface area contributed by atoms with Gasteiger partial charge in [-0.1, -0.05) is 94.3 Å². The lowest BCUT2D eigenvalue weighted by Crippen LogP contribution is -2.10. The van der Waals surface area contributed by atoms with E-state index in [-0.39, 0.29) is 12.2 Å². The van der Waals surface area contributed by atoms with Crippen LogP contribution in [-0.2, 0) is 9.47 Å². The van der Waals surface area contributed by atoms with Gasteiger partial charge in [0.25, 0.3) is 0 Å². The topological polar surface area (TPSA) is 18.5 Å². The number of rotatable bonds is 8. The molecule has 0 bridgehead atoms. The number of methoxy groups -OCH3 is 2. The average Bonchev–Trinajstić information content (AvgIpc) is 2.68. The summed E-state index contributed by atoms with van der Waals surface area (Å²) in [7, 11) is 3.55. The molecule has 2 aromatic carbocycles. The van der Waals surface area contributed by atoms with Crippen molar-refractivity contribution in [3.8, 4) is 0 Å². The van der Waals surface area contributed by atoms with Gasteiger partial charge in [0.1, 0.15) is 0 Å². The highest BCUT2D eigenvalue weighted by molar-refractivity contribution is 5.18. The summed E-state index contributed by atoms with van der Waals surface area (Å²) < 4.78 is 10.9. The highest BCUT2D eigenvalue weighted by Gasteiger charge is 2.16. The molecule has 0 saturated carbocycles. The van der Waals surface area contributed by atoms with Gasteiger partial charge in [0.05, 0.1) is 12.2 Å². The van der Waals surface area contributed by atoms with Crippen molar-refractivity contribution >= 4 is 0 Å². The van der Waals surface area contributed by atoms with Crippen LogP contribution in [0.5, 0.6) is 0 Å². The van der Waals surface area contributed by atoms with Crippen molar-refractivity contribution in [2.24, 2.45) is 5.92 Å². The number of hydrogen-bond acceptors (Lipinski definition) is 2. The molecule has 0 saturated heterocycles. The Morgan fingerprint density at radius 2 is 1.28 bits per heavy atom. The smallest absolute Gasteiger partial charge is 0.0846 e. The summed E-state index contributed by atoms with van der Waals surface area (Å²) in [5, 5.41) is 0. The van der Waals surface area contributed by atoms with Crippen LogP contribution >= 0.6 is 0 Å². The molecule has 0 amide bonds. The number of benzene rings is 2. The minimum absolute atomic E-state index is 0.242. The van der Waals surface area contributed by atoms with Crippen molar-refractivity contribution in [2.45, 2.75) is 52.2 Å². The first-order valence-corrected chi connectivity index (χ1v) is 9.33. The first-order valence-electron chi connectivity index (χ1n) is 9.33. The standard InChI is InChI=1S/C12H18O.C11H16O/c1-4-10(2)12(13-3)11-8-6-5-7-9-11;1-3-7-11(12-2)10-8-5-4-6-9-10/h5-10,12H,4H2,1-3H3;4-6,8-9,11H,3,7H2,1-2H3. The van der Waals surface area contributed by atoms with E-state index in [1.54, 1.807) is 14.2 Å². The summed E-state index contributed by atoms with van der Waals surface area (Å²) in [6.07, 6.45) is 3.92. The molecule has 138 valence electrons. The molecule has 0 N–H and O–H groups in total. The van der Waals surface area contributed by atoms with Crippen LogP contribution < -0.4 is 0 Å². The van der Waals surface area contributed by atoms with E-state index in [1.807, 2.05) is 12.1 Å². The van der Waals surface area contributed by atoms with Gasteiger partial charge < -0.3 is 9.47 Å². The third-order valence-electron chi connectivity index (χ3n) is 4.55. The normalized spacial score (nSPS) is 14.1. The fourth-order valence-corrected chi connectivity index (χ4v) is 2.90. The predicted octanol–water partition coefficient (Wildman–Crippen LogP) is 6.59. The van der Waals surface area contributed by atoms with Crippen LogP contribution in [0.3, 0.4) is 0 Å². The maximum atomic E-state index is 5.49. The quantitative estimate of drug-likeness (QED) is 0.538. The molecule has 0 fully saturated rings. The van der Waals surface area contributed by atoms with Gasteiger partial charge >= 0.3 is 0 Å². The van der Waals surface area contributed by atoms with Crippen molar-refractivity contribution in [1.29, 1.82) is 0 Å². The molecule has 2 aromatic rings. The Balaban J connectivity index is 0.000000251. The molecule has 2 rings (SSSR count). The molecule has 25 heavy (non-hydrogen) atoms. The SMILES string of the molecule is CCC(C)C(OC)c1ccccc1.CCCC(OC)c1ccccc1. The second kappa shape index (κ2) is 12.7. The third kappa shape index (κ3) is 7.41. The zero-order valence-corrected chi connectivity index (χ0v) is 16.4. The Kier molecular flexibility index (Phi) is 10.9. The maximum Gasteiger partial charge on any atom is 0.0846 e. The van der Waals surface area contributed by atoms with E-state index < -0.39 is 0 Å². The molecule has 0 aliphatic rings. The van der Waals surface area contributed by atoms with Crippen LogP contribution in [0.1, 0.15) is 63.4 Å². The van der Waals surface area contributed by atoms with Gasteiger partial charge in [-0.3, -0.25) is 0 Å². The highest BCUT2D eigenvalue weighted by Crippen LogP contribution is 2.26. The number of ether oxygens (including phenoxy) is 2. The molecule has 3 unspecified atom stereocenters. The van der Waals surface area contributed by atoms with Crippen molar-refractivity contribution < 1.29 is 9.47 Å². The molecule has 0 heterocycles. The van der Waals surface area contributed by atoms with E-state index in [1.165, 1.54) is 11.1 Å². The zero-order valence-electron chi connectivity index (χ0n) is 16.4. The predicted molar refractivity (Wildman–Crippen MR) is 107 cm³/mol. The largest absolute Gasteiger partial charge is 0.377 e. The minimum atomic E-state index is 0.242. The first-order chi connectivity index (χ1) is 12.2. The summed E-state index contributed by atoms with van der Waals surface area (Å²) in [5.41, 5.74) is 2.56. The van der Waals surface area contributed by atoms with Crippen molar-refractivity contribution in [3.63, 3.8) is 0 Å². The fourth-order valence-electron chi connectivity index (χ4n) is 2.90. The molecule has 2 nitrogen and oxygen atoms in total. The summed E-state index contributed by atoms with van der Waals surface area (Å²) in [4.78, 5) is 0. The van der Waals surface area contributed by atoms with E-state index in [2.05, 4.69) is 69.3 Å². The molecule has 2 heteroatoms. The zero-order chi connectivity index (χ0) is 18.5. The molecular formula is C23H34O2. The van der Waals surface area contributed by atoms with Crippen LogP contribution in [0.2, 0.25) is 0 Å². The maximum absolute atomic E-state index is 5.49. The Morgan fingerprint density at radius 1 is 0.760 bits per heavy atom. The van der Waals surface area contributed by atoms with Crippen LogP contribution in [0.4, 0.5) is 0 Å².